The average molecular weight is 331 g/mol. The van der Waals surface area contributed by atoms with Crippen molar-refractivity contribution in [3.8, 4) is 5.75 Å². The van der Waals surface area contributed by atoms with E-state index in [0.717, 1.165) is 11.3 Å². The molecule has 1 atom stereocenters. The monoisotopic (exact) mass is 331 g/mol. The molecule has 1 aliphatic heterocycles. The van der Waals surface area contributed by atoms with Crippen molar-refractivity contribution in [2.24, 2.45) is 11.3 Å². The van der Waals surface area contributed by atoms with Crippen LogP contribution in [0.5, 0.6) is 5.75 Å². The summed E-state index contributed by atoms with van der Waals surface area (Å²) < 4.78 is 29.0. The Balaban J connectivity index is 1.63. The van der Waals surface area contributed by atoms with Gasteiger partial charge in [-0.2, -0.15) is 8.78 Å². The van der Waals surface area contributed by atoms with Gasteiger partial charge >= 0.3 is 12.6 Å². The summed E-state index contributed by atoms with van der Waals surface area (Å²) in [5.41, 5.74) is -0.166. The smallest absolute Gasteiger partial charge is 0.387 e. The number of hydrogen-bond acceptors (Lipinski definition) is 4. The molecule has 0 radical (unpaired) electrons. The van der Waals surface area contributed by atoms with Gasteiger partial charge in [0.2, 0.25) is 0 Å². The molecule has 1 spiro atoms. The highest BCUT2D eigenvalue weighted by Gasteiger charge is 2.59. The fourth-order valence-corrected chi connectivity index (χ4v) is 3.98. The zero-order valence-electron chi connectivity index (χ0n) is 11.6. The molecule has 0 aromatic carbocycles. The molecular formula is C14H15F2NO4S. The van der Waals surface area contributed by atoms with Crippen LogP contribution in [-0.4, -0.2) is 41.6 Å². The zero-order valence-corrected chi connectivity index (χ0v) is 12.4. The Labute approximate surface area is 129 Å². The first-order chi connectivity index (χ1) is 10.4. The van der Waals surface area contributed by atoms with Gasteiger partial charge in [-0.1, -0.05) is 0 Å². The lowest BCUT2D eigenvalue weighted by Gasteiger charge is -2.32. The number of nitrogens with zero attached hydrogens (tertiary/aromatic N) is 1. The number of piperidine rings is 1. The summed E-state index contributed by atoms with van der Waals surface area (Å²) in [5, 5.41) is 10.6. The number of carbonyl (C=O) groups is 2. The van der Waals surface area contributed by atoms with Crippen molar-refractivity contribution in [2.75, 3.05) is 13.1 Å². The molecule has 0 bridgehead atoms. The minimum Gasteiger partial charge on any atom is -0.481 e. The van der Waals surface area contributed by atoms with Crippen LogP contribution in [-0.2, 0) is 4.79 Å². The number of aliphatic carboxylic acids is 1. The molecule has 5 nitrogen and oxygen atoms in total. The molecule has 1 saturated carbocycles. The number of carboxylic acid groups (broad SMARTS) is 1. The molecular weight excluding hydrogens is 316 g/mol. The molecule has 2 fully saturated rings. The van der Waals surface area contributed by atoms with Gasteiger partial charge in [0.25, 0.3) is 5.91 Å². The highest BCUT2D eigenvalue weighted by Crippen LogP contribution is 2.59. The van der Waals surface area contributed by atoms with Crippen molar-refractivity contribution in [3.05, 3.63) is 16.3 Å². The second kappa shape index (κ2) is 5.49. The number of halogens is 2. The molecule has 1 unspecified atom stereocenters. The fourth-order valence-electron chi connectivity index (χ4n) is 3.19. The Kier molecular flexibility index (Phi) is 3.80. The van der Waals surface area contributed by atoms with Crippen LogP contribution < -0.4 is 4.74 Å². The predicted molar refractivity (Wildman–Crippen MR) is 74.3 cm³/mol. The summed E-state index contributed by atoms with van der Waals surface area (Å²) in [5.74, 6) is -1.50. The molecule has 1 aromatic heterocycles. The maximum Gasteiger partial charge on any atom is 0.387 e. The lowest BCUT2D eigenvalue weighted by molar-refractivity contribution is -0.139. The van der Waals surface area contributed by atoms with Gasteiger partial charge in [0.1, 0.15) is 10.6 Å². The number of hydrogen-bond donors (Lipinski definition) is 1. The molecule has 1 amide bonds. The Morgan fingerprint density at radius 2 is 2.09 bits per heavy atom. The van der Waals surface area contributed by atoms with E-state index in [1.807, 2.05) is 0 Å². The van der Waals surface area contributed by atoms with Crippen molar-refractivity contribution in [1.82, 2.24) is 4.90 Å². The van der Waals surface area contributed by atoms with Crippen molar-refractivity contribution < 1.29 is 28.2 Å². The lowest BCUT2D eigenvalue weighted by Crippen LogP contribution is -2.39. The van der Waals surface area contributed by atoms with E-state index < -0.39 is 12.6 Å². The lowest BCUT2D eigenvalue weighted by atomic mass is 9.91. The average Bonchev–Trinajstić information content (AvgIpc) is 2.97. The highest BCUT2D eigenvalue weighted by molar-refractivity contribution is 7.12. The summed E-state index contributed by atoms with van der Waals surface area (Å²) in [4.78, 5) is 25.2. The summed E-state index contributed by atoms with van der Waals surface area (Å²) in [6.07, 6.45) is 1.96. The summed E-state index contributed by atoms with van der Waals surface area (Å²) in [6.45, 7) is -2.06. The minimum atomic E-state index is -2.96. The first-order valence-electron chi connectivity index (χ1n) is 6.97. The molecule has 2 aliphatic rings. The number of ether oxygens (including phenoxy) is 1. The number of alkyl halides is 2. The normalized spacial score (nSPS) is 22.9. The van der Waals surface area contributed by atoms with E-state index in [0.29, 0.717) is 32.4 Å². The number of rotatable bonds is 4. The van der Waals surface area contributed by atoms with Gasteiger partial charge in [-0.3, -0.25) is 9.59 Å². The van der Waals surface area contributed by atoms with E-state index in [1.54, 1.807) is 4.90 Å². The van der Waals surface area contributed by atoms with Gasteiger partial charge in [-0.25, -0.2) is 0 Å². The number of carbonyl (C=O) groups excluding carboxylic acids is 1. The Hall–Kier alpha value is -1.70. The summed E-state index contributed by atoms with van der Waals surface area (Å²) >= 11 is 1.07. The van der Waals surface area contributed by atoms with E-state index in [-0.39, 0.29) is 27.9 Å². The van der Waals surface area contributed by atoms with Crippen LogP contribution >= 0.6 is 11.3 Å². The molecule has 1 N–H and O–H groups in total. The SMILES string of the molecule is O=C(O)C1CC12CCN(C(=O)c1sccc1OC(F)F)CC2. The highest BCUT2D eigenvalue weighted by atomic mass is 32.1. The fraction of sp³-hybridized carbons (Fsp3) is 0.571. The van der Waals surface area contributed by atoms with E-state index in [9.17, 15) is 18.4 Å². The van der Waals surface area contributed by atoms with Gasteiger partial charge in [-0.05, 0) is 36.1 Å². The first-order valence-corrected chi connectivity index (χ1v) is 7.85. The van der Waals surface area contributed by atoms with Crippen LogP contribution in [0.2, 0.25) is 0 Å². The van der Waals surface area contributed by atoms with Gasteiger partial charge < -0.3 is 14.7 Å². The number of amides is 1. The zero-order chi connectivity index (χ0) is 15.9. The number of likely N-dealkylation sites (tertiary alicyclic amines) is 1. The van der Waals surface area contributed by atoms with Gasteiger partial charge in [0, 0.05) is 13.1 Å². The van der Waals surface area contributed by atoms with Gasteiger partial charge in [0.05, 0.1) is 5.92 Å². The van der Waals surface area contributed by atoms with Crippen LogP contribution in [0.4, 0.5) is 8.78 Å². The van der Waals surface area contributed by atoms with E-state index >= 15 is 0 Å². The van der Waals surface area contributed by atoms with Crippen molar-refractivity contribution in [3.63, 3.8) is 0 Å². The van der Waals surface area contributed by atoms with Crippen LogP contribution in [0.1, 0.15) is 28.9 Å². The molecule has 1 aromatic rings. The Morgan fingerprint density at radius 3 is 2.64 bits per heavy atom. The number of thiophene rings is 1. The second-order valence-corrected chi connectivity index (χ2v) is 6.66. The molecule has 22 heavy (non-hydrogen) atoms. The molecule has 120 valence electrons. The standard InChI is InChI=1S/C14H15F2NO4S/c15-13(16)21-9-1-6-22-10(9)11(18)17-4-2-14(3-5-17)7-8(14)12(19)20/h1,6,8,13H,2-5,7H2,(H,19,20). The largest absolute Gasteiger partial charge is 0.481 e. The van der Waals surface area contributed by atoms with E-state index in [1.165, 1.54) is 11.4 Å². The van der Waals surface area contributed by atoms with Crippen LogP contribution in [0.15, 0.2) is 11.4 Å². The van der Waals surface area contributed by atoms with Gasteiger partial charge in [-0.15, -0.1) is 11.3 Å². The van der Waals surface area contributed by atoms with Crippen molar-refractivity contribution in [2.45, 2.75) is 25.9 Å². The van der Waals surface area contributed by atoms with Crippen LogP contribution in [0.3, 0.4) is 0 Å². The minimum absolute atomic E-state index is 0.0971. The maximum absolute atomic E-state index is 12.4. The molecule has 1 saturated heterocycles. The topological polar surface area (TPSA) is 66.8 Å². The molecule has 2 heterocycles. The van der Waals surface area contributed by atoms with Gasteiger partial charge in [0.15, 0.2) is 0 Å². The third kappa shape index (κ3) is 2.67. The predicted octanol–water partition coefficient (Wildman–Crippen LogP) is 2.68. The van der Waals surface area contributed by atoms with E-state index in [4.69, 9.17) is 5.11 Å². The third-order valence-electron chi connectivity index (χ3n) is 4.57. The third-order valence-corrected chi connectivity index (χ3v) is 5.46. The Bertz CT molecular complexity index is 595. The second-order valence-electron chi connectivity index (χ2n) is 5.74. The van der Waals surface area contributed by atoms with Crippen LogP contribution in [0.25, 0.3) is 0 Å². The quantitative estimate of drug-likeness (QED) is 0.921. The van der Waals surface area contributed by atoms with Crippen LogP contribution in [0, 0.1) is 11.3 Å². The summed E-state index contributed by atoms with van der Waals surface area (Å²) in [7, 11) is 0. The Morgan fingerprint density at radius 1 is 1.41 bits per heavy atom. The first kappa shape index (κ1) is 15.2. The van der Waals surface area contributed by atoms with E-state index in [2.05, 4.69) is 4.74 Å². The maximum atomic E-state index is 12.4. The number of carboxylic acids is 1. The summed E-state index contributed by atoms with van der Waals surface area (Å²) in [6, 6.07) is 1.36. The molecule has 1 aliphatic carbocycles. The molecule has 8 heteroatoms. The molecule has 3 rings (SSSR count). The van der Waals surface area contributed by atoms with Crippen molar-refractivity contribution >= 4 is 23.2 Å². The van der Waals surface area contributed by atoms with Crippen molar-refractivity contribution in [1.29, 1.82) is 0 Å².